The number of hydrogen-bond donors (Lipinski definition) is 3. The van der Waals surface area contributed by atoms with Crippen LogP contribution in [0.3, 0.4) is 0 Å². The van der Waals surface area contributed by atoms with Crippen LogP contribution in [0.2, 0.25) is 0 Å². The van der Waals surface area contributed by atoms with Gasteiger partial charge in [0, 0.05) is 6.07 Å². The summed E-state index contributed by atoms with van der Waals surface area (Å²) in [5.74, 6) is 0.239. The Bertz CT molecular complexity index is 447. The van der Waals surface area contributed by atoms with Crippen LogP contribution in [-0.2, 0) is 6.54 Å². The van der Waals surface area contributed by atoms with Crippen molar-refractivity contribution in [3.63, 3.8) is 0 Å². The first-order valence-electron chi connectivity index (χ1n) is 4.24. The number of aromatic nitrogens is 3. The van der Waals surface area contributed by atoms with E-state index >= 15 is 0 Å². The number of carbonyl (C=O) groups excluding carboxylic acids is 1. The summed E-state index contributed by atoms with van der Waals surface area (Å²) < 4.78 is 4.81. The Morgan fingerprint density at radius 2 is 2.53 bits per heavy atom. The summed E-state index contributed by atoms with van der Waals surface area (Å²) in [4.78, 5) is 11.5. The summed E-state index contributed by atoms with van der Waals surface area (Å²) in [6, 6.07) is 1.66. The number of carbonyl (C=O) groups is 1. The third-order valence-corrected chi connectivity index (χ3v) is 1.81. The minimum Gasteiger partial charge on any atom is -0.396 e. The molecule has 2 aromatic rings. The van der Waals surface area contributed by atoms with E-state index in [9.17, 15) is 4.79 Å². The van der Waals surface area contributed by atoms with Crippen molar-refractivity contribution in [2.24, 2.45) is 0 Å². The van der Waals surface area contributed by atoms with Gasteiger partial charge in [-0.3, -0.25) is 9.89 Å². The van der Waals surface area contributed by atoms with E-state index in [0.717, 1.165) is 0 Å². The van der Waals surface area contributed by atoms with Gasteiger partial charge in [0.05, 0.1) is 24.6 Å². The highest BCUT2D eigenvalue weighted by atomic mass is 16.5. The molecule has 0 aliphatic rings. The summed E-state index contributed by atoms with van der Waals surface area (Å²) in [5.41, 5.74) is 6.06. The molecule has 0 radical (unpaired) electrons. The van der Waals surface area contributed by atoms with E-state index in [-0.39, 0.29) is 18.1 Å². The van der Waals surface area contributed by atoms with E-state index in [4.69, 9.17) is 10.3 Å². The van der Waals surface area contributed by atoms with Gasteiger partial charge in [-0.1, -0.05) is 5.16 Å². The second-order valence-corrected chi connectivity index (χ2v) is 2.86. The molecule has 0 saturated heterocycles. The molecular formula is C8H9N5O2. The van der Waals surface area contributed by atoms with Gasteiger partial charge in [-0.05, 0) is 0 Å². The number of hydrogen-bond acceptors (Lipinski definition) is 5. The zero-order valence-electron chi connectivity index (χ0n) is 7.73. The van der Waals surface area contributed by atoms with Crippen molar-refractivity contribution in [3.05, 3.63) is 29.9 Å². The molecule has 0 aliphatic carbocycles. The lowest BCUT2D eigenvalue weighted by atomic mass is 10.3. The van der Waals surface area contributed by atoms with Crippen LogP contribution in [0.1, 0.15) is 16.2 Å². The molecule has 2 rings (SSSR count). The molecule has 0 atom stereocenters. The molecule has 1 amide bonds. The molecule has 7 nitrogen and oxygen atoms in total. The largest absolute Gasteiger partial charge is 0.396 e. The second kappa shape index (κ2) is 3.82. The summed E-state index contributed by atoms with van der Waals surface area (Å²) in [7, 11) is 0. The van der Waals surface area contributed by atoms with Crippen LogP contribution < -0.4 is 11.1 Å². The average Bonchev–Trinajstić information content (AvgIpc) is 2.84. The van der Waals surface area contributed by atoms with E-state index < -0.39 is 0 Å². The first-order chi connectivity index (χ1) is 7.27. The lowest BCUT2D eigenvalue weighted by molar-refractivity contribution is 0.0943. The van der Waals surface area contributed by atoms with Gasteiger partial charge in [0.25, 0.3) is 5.91 Å². The maximum atomic E-state index is 11.5. The Morgan fingerprint density at radius 1 is 1.67 bits per heavy atom. The van der Waals surface area contributed by atoms with Crippen molar-refractivity contribution in [2.45, 2.75) is 6.54 Å². The minimum atomic E-state index is -0.332. The second-order valence-electron chi connectivity index (χ2n) is 2.86. The fourth-order valence-corrected chi connectivity index (χ4v) is 1.07. The number of anilines is 1. The predicted molar refractivity (Wildman–Crippen MR) is 50.7 cm³/mol. The highest BCUT2D eigenvalue weighted by Crippen LogP contribution is 2.05. The van der Waals surface area contributed by atoms with Gasteiger partial charge in [0.2, 0.25) is 0 Å². The van der Waals surface area contributed by atoms with Crippen LogP contribution in [-0.4, -0.2) is 21.3 Å². The molecule has 78 valence electrons. The van der Waals surface area contributed by atoms with Crippen LogP contribution in [0.4, 0.5) is 5.69 Å². The molecule has 15 heavy (non-hydrogen) atoms. The fraction of sp³-hybridized carbons (Fsp3) is 0.125. The van der Waals surface area contributed by atoms with Crippen molar-refractivity contribution >= 4 is 11.6 Å². The Hall–Kier alpha value is -2.31. The lowest BCUT2D eigenvalue weighted by Gasteiger charge is -2.00. The molecule has 7 heteroatoms. The number of nitrogen functional groups attached to an aromatic ring is 1. The Morgan fingerprint density at radius 3 is 3.13 bits per heavy atom. The van der Waals surface area contributed by atoms with Gasteiger partial charge in [-0.15, -0.1) is 0 Å². The van der Waals surface area contributed by atoms with Crippen LogP contribution in [0.15, 0.2) is 23.0 Å². The van der Waals surface area contributed by atoms with Crippen molar-refractivity contribution in [3.8, 4) is 0 Å². The summed E-state index contributed by atoms with van der Waals surface area (Å²) in [6.07, 6.45) is 2.88. The molecule has 0 aromatic carbocycles. The number of nitrogens with two attached hydrogens (primary N) is 1. The predicted octanol–water partition coefficient (Wildman–Crippen LogP) is -0.0901. The molecule has 0 unspecified atom stereocenters. The number of H-pyrrole nitrogens is 1. The SMILES string of the molecule is Nc1cn[nH]c1C(=O)NCc1ccno1. The van der Waals surface area contributed by atoms with Crippen molar-refractivity contribution in [1.29, 1.82) is 0 Å². The minimum absolute atomic E-state index is 0.245. The zero-order valence-corrected chi connectivity index (χ0v) is 7.73. The highest BCUT2D eigenvalue weighted by Gasteiger charge is 2.11. The first kappa shape index (κ1) is 9.25. The average molecular weight is 207 g/mol. The third kappa shape index (κ3) is 1.96. The van der Waals surface area contributed by atoms with E-state index in [0.29, 0.717) is 11.4 Å². The van der Waals surface area contributed by atoms with Gasteiger partial charge in [-0.25, -0.2) is 0 Å². The highest BCUT2D eigenvalue weighted by molar-refractivity contribution is 5.96. The molecule has 4 N–H and O–H groups in total. The smallest absolute Gasteiger partial charge is 0.271 e. The maximum Gasteiger partial charge on any atom is 0.271 e. The quantitative estimate of drug-likeness (QED) is 0.651. The molecule has 0 spiro atoms. The van der Waals surface area contributed by atoms with E-state index in [1.54, 1.807) is 6.07 Å². The van der Waals surface area contributed by atoms with Gasteiger partial charge >= 0.3 is 0 Å². The molecule has 0 saturated carbocycles. The third-order valence-electron chi connectivity index (χ3n) is 1.81. The van der Waals surface area contributed by atoms with Gasteiger partial charge in [0.15, 0.2) is 5.76 Å². The Labute approximate surface area is 84.6 Å². The van der Waals surface area contributed by atoms with Crippen molar-refractivity contribution in [1.82, 2.24) is 20.7 Å². The fourth-order valence-electron chi connectivity index (χ4n) is 1.07. The molecule has 0 fully saturated rings. The maximum absolute atomic E-state index is 11.5. The van der Waals surface area contributed by atoms with Crippen molar-refractivity contribution in [2.75, 3.05) is 5.73 Å². The Balaban J connectivity index is 1.96. The molecular weight excluding hydrogens is 198 g/mol. The normalized spacial score (nSPS) is 10.1. The van der Waals surface area contributed by atoms with E-state index in [1.165, 1.54) is 12.4 Å². The summed E-state index contributed by atoms with van der Waals surface area (Å²) in [6.45, 7) is 0.261. The number of nitrogens with zero attached hydrogens (tertiary/aromatic N) is 2. The van der Waals surface area contributed by atoms with E-state index in [1.807, 2.05) is 0 Å². The standard InChI is InChI=1S/C8H9N5O2/c9-6-4-11-13-7(6)8(14)10-3-5-1-2-12-15-5/h1-2,4H,3,9H2,(H,10,14)(H,11,13). The van der Waals surface area contributed by atoms with E-state index in [2.05, 4.69) is 20.7 Å². The van der Waals surface area contributed by atoms with Gasteiger partial charge < -0.3 is 15.6 Å². The van der Waals surface area contributed by atoms with Crippen LogP contribution in [0.25, 0.3) is 0 Å². The van der Waals surface area contributed by atoms with Gasteiger partial charge in [-0.2, -0.15) is 5.10 Å². The number of amides is 1. The number of nitrogens with one attached hydrogen (secondary N) is 2. The summed E-state index contributed by atoms with van der Waals surface area (Å²) >= 11 is 0. The van der Waals surface area contributed by atoms with Crippen LogP contribution in [0, 0.1) is 0 Å². The molecule has 0 bridgehead atoms. The van der Waals surface area contributed by atoms with Gasteiger partial charge in [0.1, 0.15) is 5.69 Å². The lowest BCUT2D eigenvalue weighted by Crippen LogP contribution is -2.23. The Kier molecular flexibility index (Phi) is 2.36. The summed E-state index contributed by atoms with van der Waals surface area (Å²) in [5, 5.41) is 12.3. The zero-order chi connectivity index (χ0) is 10.7. The molecule has 0 aliphatic heterocycles. The van der Waals surface area contributed by atoms with Crippen LogP contribution in [0.5, 0.6) is 0 Å². The van der Waals surface area contributed by atoms with Crippen LogP contribution >= 0.6 is 0 Å². The number of rotatable bonds is 3. The monoisotopic (exact) mass is 207 g/mol. The topological polar surface area (TPSA) is 110 Å². The first-order valence-corrected chi connectivity index (χ1v) is 4.24. The van der Waals surface area contributed by atoms with Crippen molar-refractivity contribution < 1.29 is 9.32 Å². The molecule has 2 aromatic heterocycles. The number of aromatic amines is 1. The molecule has 2 heterocycles.